The van der Waals surface area contributed by atoms with Crippen LogP contribution >= 0.6 is 11.8 Å². The Morgan fingerprint density at radius 3 is 2.43 bits per heavy atom. The van der Waals surface area contributed by atoms with Crippen LogP contribution in [0.3, 0.4) is 0 Å². The summed E-state index contributed by atoms with van der Waals surface area (Å²) in [6.07, 6.45) is -4.56. The minimum absolute atomic E-state index is 0.279. The maximum Gasteiger partial charge on any atom is 0.416 e. The van der Waals surface area contributed by atoms with Crippen LogP contribution in [-0.2, 0) is 6.18 Å². The summed E-state index contributed by atoms with van der Waals surface area (Å²) in [6, 6.07) is 10.1. The fourth-order valence-electron chi connectivity index (χ4n) is 1.77. The molecule has 2 aromatic carbocycles. The second kappa shape index (κ2) is 5.81. The number of halogens is 3. The Balaban J connectivity index is 2.42. The molecule has 0 saturated heterocycles. The van der Waals surface area contributed by atoms with Gasteiger partial charge in [0.15, 0.2) is 0 Å². The van der Waals surface area contributed by atoms with Crippen LogP contribution < -0.4 is 0 Å². The predicted octanol–water partition coefficient (Wildman–Crippen LogP) is 4.86. The van der Waals surface area contributed by atoms with Gasteiger partial charge >= 0.3 is 12.1 Å². The van der Waals surface area contributed by atoms with Crippen molar-refractivity contribution in [3.05, 3.63) is 59.2 Å². The summed E-state index contributed by atoms with van der Waals surface area (Å²) in [6.45, 7) is 1.88. The molecule has 0 heterocycles. The lowest BCUT2D eigenvalue weighted by Gasteiger charge is -2.11. The maximum absolute atomic E-state index is 12.6. The smallest absolute Gasteiger partial charge is 0.416 e. The summed E-state index contributed by atoms with van der Waals surface area (Å²) >= 11 is 1.13. The maximum atomic E-state index is 12.6. The molecule has 0 aromatic heterocycles. The van der Waals surface area contributed by atoms with E-state index < -0.39 is 17.7 Å². The first-order valence-corrected chi connectivity index (χ1v) is 6.78. The number of aryl methyl sites for hydroxylation is 1. The standard InChI is InChI=1S/C15H11F3O2S/c1-9-3-2-4-11(7-9)21-13-6-5-10(15(16,17)18)8-12(13)14(19)20/h2-8H,1H3,(H,19,20). The van der Waals surface area contributed by atoms with Gasteiger partial charge in [0, 0.05) is 9.79 Å². The van der Waals surface area contributed by atoms with Crippen LogP contribution in [0.2, 0.25) is 0 Å². The SMILES string of the molecule is Cc1cccc(Sc2ccc(C(F)(F)F)cc2C(=O)O)c1. The lowest BCUT2D eigenvalue weighted by atomic mass is 10.1. The van der Waals surface area contributed by atoms with Gasteiger partial charge < -0.3 is 5.11 Å². The highest BCUT2D eigenvalue weighted by molar-refractivity contribution is 7.99. The van der Waals surface area contributed by atoms with Crippen molar-refractivity contribution in [1.82, 2.24) is 0 Å². The van der Waals surface area contributed by atoms with Crippen molar-refractivity contribution in [3.63, 3.8) is 0 Å². The first-order chi connectivity index (χ1) is 9.77. The second-order valence-corrected chi connectivity index (χ2v) is 5.55. The van der Waals surface area contributed by atoms with Gasteiger partial charge in [-0.15, -0.1) is 0 Å². The highest BCUT2D eigenvalue weighted by Gasteiger charge is 2.31. The molecule has 6 heteroatoms. The Bertz CT molecular complexity index is 681. The number of hydrogen-bond acceptors (Lipinski definition) is 2. The third kappa shape index (κ3) is 3.78. The number of carboxylic acids is 1. The van der Waals surface area contributed by atoms with Gasteiger partial charge in [-0.1, -0.05) is 29.5 Å². The fourth-order valence-corrected chi connectivity index (χ4v) is 2.81. The molecule has 0 aliphatic carbocycles. The molecule has 2 nitrogen and oxygen atoms in total. The second-order valence-electron chi connectivity index (χ2n) is 4.43. The number of carboxylic acid groups (broad SMARTS) is 1. The topological polar surface area (TPSA) is 37.3 Å². The molecule has 0 spiro atoms. The monoisotopic (exact) mass is 312 g/mol. The molecule has 1 N–H and O–H groups in total. The van der Waals surface area contributed by atoms with E-state index in [1.807, 2.05) is 25.1 Å². The molecule has 0 saturated carbocycles. The fraction of sp³-hybridized carbons (Fsp3) is 0.133. The predicted molar refractivity (Wildman–Crippen MR) is 73.7 cm³/mol. The number of carbonyl (C=O) groups is 1. The summed E-state index contributed by atoms with van der Waals surface area (Å²) < 4.78 is 37.9. The van der Waals surface area contributed by atoms with Crippen LogP contribution in [0.5, 0.6) is 0 Å². The lowest BCUT2D eigenvalue weighted by molar-refractivity contribution is -0.137. The summed E-state index contributed by atoms with van der Waals surface area (Å²) in [7, 11) is 0. The summed E-state index contributed by atoms with van der Waals surface area (Å²) in [5, 5.41) is 9.11. The van der Waals surface area contributed by atoms with E-state index in [0.29, 0.717) is 6.07 Å². The van der Waals surface area contributed by atoms with Gasteiger partial charge in [-0.3, -0.25) is 0 Å². The molecular weight excluding hydrogens is 301 g/mol. The van der Waals surface area contributed by atoms with Crippen LogP contribution in [0.4, 0.5) is 13.2 Å². The van der Waals surface area contributed by atoms with Crippen LogP contribution in [0.25, 0.3) is 0 Å². The molecule has 0 atom stereocenters. The minimum atomic E-state index is -4.56. The third-order valence-electron chi connectivity index (χ3n) is 2.75. The number of aromatic carboxylic acids is 1. The van der Waals surface area contributed by atoms with Crippen molar-refractivity contribution in [2.24, 2.45) is 0 Å². The number of alkyl halides is 3. The first kappa shape index (κ1) is 15.4. The third-order valence-corrected chi connectivity index (χ3v) is 3.82. The molecule has 0 fully saturated rings. The van der Waals surface area contributed by atoms with Gasteiger partial charge in [-0.2, -0.15) is 13.2 Å². The average molecular weight is 312 g/mol. The van der Waals surface area contributed by atoms with Gasteiger partial charge in [0.1, 0.15) is 0 Å². The van der Waals surface area contributed by atoms with Gasteiger partial charge in [0.2, 0.25) is 0 Å². The van der Waals surface area contributed by atoms with E-state index in [2.05, 4.69) is 0 Å². The quantitative estimate of drug-likeness (QED) is 0.879. The van der Waals surface area contributed by atoms with Crippen LogP contribution in [0.15, 0.2) is 52.3 Å². The van der Waals surface area contributed by atoms with Crippen LogP contribution in [0.1, 0.15) is 21.5 Å². The van der Waals surface area contributed by atoms with Crippen LogP contribution in [0, 0.1) is 6.92 Å². The molecule has 0 bridgehead atoms. The summed E-state index contributed by atoms with van der Waals surface area (Å²) in [4.78, 5) is 12.2. The van der Waals surface area contributed by atoms with Gasteiger partial charge in [0.05, 0.1) is 11.1 Å². The Morgan fingerprint density at radius 1 is 1.14 bits per heavy atom. The number of rotatable bonds is 3. The molecular formula is C15H11F3O2S. The Kier molecular flexibility index (Phi) is 4.27. The largest absolute Gasteiger partial charge is 0.478 e. The normalized spacial score (nSPS) is 11.4. The van der Waals surface area contributed by atoms with Gasteiger partial charge in [-0.05, 0) is 37.3 Å². The molecule has 2 aromatic rings. The highest BCUT2D eigenvalue weighted by Crippen LogP contribution is 2.35. The molecule has 21 heavy (non-hydrogen) atoms. The average Bonchev–Trinajstić information content (AvgIpc) is 2.37. The van der Waals surface area contributed by atoms with Crippen molar-refractivity contribution in [3.8, 4) is 0 Å². The molecule has 0 radical (unpaired) electrons. The van der Waals surface area contributed by atoms with Crippen molar-refractivity contribution in [2.45, 2.75) is 22.9 Å². The summed E-state index contributed by atoms with van der Waals surface area (Å²) in [5.74, 6) is -1.38. The molecule has 0 aliphatic heterocycles. The Hall–Kier alpha value is -1.95. The Labute approximate surface area is 123 Å². The van der Waals surface area contributed by atoms with Gasteiger partial charge in [0.25, 0.3) is 0 Å². The summed E-state index contributed by atoms with van der Waals surface area (Å²) in [5.41, 5.74) is -0.325. The first-order valence-electron chi connectivity index (χ1n) is 5.96. The minimum Gasteiger partial charge on any atom is -0.478 e. The zero-order valence-electron chi connectivity index (χ0n) is 10.9. The Morgan fingerprint density at radius 2 is 1.86 bits per heavy atom. The van der Waals surface area contributed by atoms with Crippen molar-refractivity contribution in [1.29, 1.82) is 0 Å². The van der Waals surface area contributed by atoms with E-state index >= 15 is 0 Å². The molecule has 0 amide bonds. The van der Waals surface area contributed by atoms with E-state index in [0.717, 1.165) is 28.3 Å². The van der Waals surface area contributed by atoms with Gasteiger partial charge in [-0.25, -0.2) is 4.79 Å². The van der Waals surface area contributed by atoms with Crippen molar-refractivity contribution >= 4 is 17.7 Å². The van der Waals surface area contributed by atoms with Crippen molar-refractivity contribution in [2.75, 3.05) is 0 Å². The number of hydrogen-bond donors (Lipinski definition) is 1. The van der Waals surface area contributed by atoms with E-state index in [1.165, 1.54) is 6.07 Å². The molecule has 110 valence electrons. The molecule has 0 unspecified atom stereocenters. The zero-order chi connectivity index (χ0) is 15.6. The number of benzene rings is 2. The lowest BCUT2D eigenvalue weighted by Crippen LogP contribution is -2.08. The van der Waals surface area contributed by atoms with Crippen molar-refractivity contribution < 1.29 is 23.1 Å². The van der Waals surface area contributed by atoms with E-state index in [9.17, 15) is 18.0 Å². The highest BCUT2D eigenvalue weighted by atomic mass is 32.2. The zero-order valence-corrected chi connectivity index (χ0v) is 11.8. The van der Waals surface area contributed by atoms with E-state index in [-0.39, 0.29) is 10.5 Å². The molecule has 0 aliphatic rings. The van der Waals surface area contributed by atoms with Crippen LogP contribution in [-0.4, -0.2) is 11.1 Å². The van der Waals surface area contributed by atoms with E-state index in [4.69, 9.17) is 5.11 Å². The van der Waals surface area contributed by atoms with E-state index in [1.54, 1.807) is 6.07 Å². The molecule has 2 rings (SSSR count).